The first-order chi connectivity index (χ1) is 7.25. The highest BCUT2D eigenvalue weighted by Gasteiger charge is 2.13. The van der Waals surface area contributed by atoms with E-state index < -0.39 is 0 Å². The highest BCUT2D eigenvalue weighted by Crippen LogP contribution is 2.27. The van der Waals surface area contributed by atoms with E-state index in [-0.39, 0.29) is 24.5 Å². The van der Waals surface area contributed by atoms with Crippen LogP contribution in [0.2, 0.25) is 0 Å². The lowest BCUT2D eigenvalue weighted by Crippen LogP contribution is -1.97. The van der Waals surface area contributed by atoms with Gasteiger partial charge in [-0.05, 0) is 17.2 Å². The van der Waals surface area contributed by atoms with E-state index in [2.05, 4.69) is 0 Å². The predicted octanol–water partition coefficient (Wildman–Crippen LogP) is 4.10. The molecule has 0 fully saturated rings. The number of hydrogen-bond donors (Lipinski definition) is 0. The summed E-state index contributed by atoms with van der Waals surface area (Å²) >= 11 is 0. The molecule has 0 aromatic heterocycles. The monoisotopic (exact) mass is 206 g/mol. The van der Waals surface area contributed by atoms with Gasteiger partial charge in [0.1, 0.15) is 11.7 Å². The Morgan fingerprint density at radius 1 is 1.00 bits per heavy atom. The molecule has 0 N–H and O–H groups in total. The predicted molar refractivity (Wildman–Crippen MR) is 56.7 cm³/mol. The van der Waals surface area contributed by atoms with Crippen molar-refractivity contribution in [3.63, 3.8) is 0 Å². The molecule has 0 saturated heterocycles. The summed E-state index contributed by atoms with van der Waals surface area (Å²) in [4.78, 5) is 0. The second kappa shape index (κ2) is 4.39. The van der Waals surface area contributed by atoms with Crippen LogP contribution in [-0.4, -0.2) is 0 Å². The average molecular weight is 206 g/mol. The third kappa shape index (κ3) is 2.52. The first kappa shape index (κ1) is 10.1. The van der Waals surface area contributed by atoms with Gasteiger partial charge in [0.25, 0.3) is 0 Å². The van der Waals surface area contributed by atoms with Crippen molar-refractivity contribution in [3.05, 3.63) is 59.2 Å². The van der Waals surface area contributed by atoms with Crippen LogP contribution in [0.5, 0.6) is 0 Å². The number of hydrogen-bond acceptors (Lipinski definition) is 0. The number of halogens is 2. The van der Waals surface area contributed by atoms with E-state index >= 15 is 0 Å². The molecule has 1 aliphatic carbocycles. The molecule has 0 spiro atoms. The normalized spacial score (nSPS) is 16.5. The average Bonchev–Trinajstić information content (AvgIpc) is 2.25. The van der Waals surface area contributed by atoms with Gasteiger partial charge in [-0.2, -0.15) is 0 Å². The maximum Gasteiger partial charge on any atom is 0.104 e. The summed E-state index contributed by atoms with van der Waals surface area (Å²) in [6, 6.07) is 9.54. The Bertz CT molecular complexity index is 402. The van der Waals surface area contributed by atoms with Crippen LogP contribution in [-0.2, 0) is 6.42 Å². The summed E-state index contributed by atoms with van der Waals surface area (Å²) in [5.41, 5.74) is 1.48. The Morgan fingerprint density at radius 3 is 2.47 bits per heavy atom. The van der Waals surface area contributed by atoms with Gasteiger partial charge in [-0.1, -0.05) is 30.3 Å². The van der Waals surface area contributed by atoms with Gasteiger partial charge in [0, 0.05) is 19.3 Å². The van der Waals surface area contributed by atoms with Gasteiger partial charge in [-0.25, -0.2) is 8.78 Å². The fourth-order valence-electron chi connectivity index (χ4n) is 1.69. The fraction of sp³-hybridized carbons (Fsp3) is 0.231. The molecule has 0 unspecified atom stereocenters. The summed E-state index contributed by atoms with van der Waals surface area (Å²) in [5, 5.41) is 0. The molecule has 0 amide bonds. The van der Waals surface area contributed by atoms with Gasteiger partial charge in [0.15, 0.2) is 0 Å². The van der Waals surface area contributed by atoms with E-state index in [4.69, 9.17) is 0 Å². The van der Waals surface area contributed by atoms with E-state index in [1.165, 1.54) is 6.08 Å². The molecule has 0 saturated carbocycles. The second-order valence-electron chi connectivity index (χ2n) is 3.68. The van der Waals surface area contributed by atoms with Crippen LogP contribution in [0, 0.1) is 0 Å². The first-order valence-corrected chi connectivity index (χ1v) is 5.03. The smallest absolute Gasteiger partial charge is 0.104 e. The van der Waals surface area contributed by atoms with Gasteiger partial charge >= 0.3 is 0 Å². The van der Waals surface area contributed by atoms with Crippen LogP contribution in [0.15, 0.2) is 53.6 Å². The fourth-order valence-corrected chi connectivity index (χ4v) is 1.69. The molecule has 0 atom stereocenters. The van der Waals surface area contributed by atoms with Crippen molar-refractivity contribution in [2.45, 2.75) is 19.3 Å². The molecule has 0 bridgehead atoms. The first-order valence-electron chi connectivity index (χ1n) is 5.03. The van der Waals surface area contributed by atoms with E-state index in [1.807, 2.05) is 30.3 Å². The van der Waals surface area contributed by atoms with Crippen LogP contribution in [0.25, 0.3) is 0 Å². The van der Waals surface area contributed by atoms with E-state index in [9.17, 15) is 8.78 Å². The second-order valence-corrected chi connectivity index (χ2v) is 3.68. The van der Waals surface area contributed by atoms with Crippen molar-refractivity contribution < 1.29 is 8.78 Å². The molecule has 78 valence electrons. The Labute approximate surface area is 87.9 Å². The number of allylic oxidation sites excluding steroid dienone is 4. The Hall–Kier alpha value is -1.44. The highest BCUT2D eigenvalue weighted by atomic mass is 19.1. The number of rotatable bonds is 2. The summed E-state index contributed by atoms with van der Waals surface area (Å²) in [5.74, 6) is -0.400. The van der Waals surface area contributed by atoms with Crippen molar-refractivity contribution in [1.82, 2.24) is 0 Å². The van der Waals surface area contributed by atoms with Gasteiger partial charge in [0.05, 0.1) is 0 Å². The van der Waals surface area contributed by atoms with Crippen molar-refractivity contribution in [3.8, 4) is 0 Å². The van der Waals surface area contributed by atoms with Gasteiger partial charge in [-0.15, -0.1) is 0 Å². The SMILES string of the molecule is FC1=CC(Cc2ccccc2)=C(F)CC1. The zero-order chi connectivity index (χ0) is 10.7. The maximum atomic E-state index is 13.4. The minimum atomic E-state index is -0.220. The zero-order valence-corrected chi connectivity index (χ0v) is 8.34. The Balaban J connectivity index is 2.19. The summed E-state index contributed by atoms with van der Waals surface area (Å²) < 4.78 is 26.3. The molecule has 0 nitrogen and oxygen atoms in total. The van der Waals surface area contributed by atoms with Crippen LogP contribution in [0.1, 0.15) is 18.4 Å². The van der Waals surface area contributed by atoms with Crippen molar-refractivity contribution in [2.24, 2.45) is 0 Å². The topological polar surface area (TPSA) is 0 Å². The molecule has 0 aliphatic heterocycles. The molecule has 1 aliphatic rings. The third-order valence-electron chi connectivity index (χ3n) is 2.50. The number of benzene rings is 1. The lowest BCUT2D eigenvalue weighted by molar-refractivity contribution is 0.515. The summed E-state index contributed by atoms with van der Waals surface area (Å²) in [6.45, 7) is 0. The lowest BCUT2D eigenvalue weighted by atomic mass is 9.98. The van der Waals surface area contributed by atoms with Gasteiger partial charge in [0.2, 0.25) is 0 Å². The van der Waals surface area contributed by atoms with E-state index in [0.717, 1.165) is 5.56 Å². The molecule has 0 radical (unpaired) electrons. The van der Waals surface area contributed by atoms with Crippen LogP contribution >= 0.6 is 0 Å². The molecular formula is C13H12F2. The van der Waals surface area contributed by atoms with Crippen LogP contribution < -0.4 is 0 Å². The molecule has 2 heteroatoms. The Kier molecular flexibility index (Phi) is 2.95. The van der Waals surface area contributed by atoms with Gasteiger partial charge < -0.3 is 0 Å². The van der Waals surface area contributed by atoms with E-state index in [1.54, 1.807) is 0 Å². The quantitative estimate of drug-likeness (QED) is 0.683. The molecule has 15 heavy (non-hydrogen) atoms. The lowest BCUT2D eigenvalue weighted by Gasteiger charge is -2.11. The molecule has 1 aromatic rings. The van der Waals surface area contributed by atoms with Crippen molar-refractivity contribution in [2.75, 3.05) is 0 Å². The van der Waals surface area contributed by atoms with Crippen LogP contribution in [0.4, 0.5) is 8.78 Å². The van der Waals surface area contributed by atoms with Crippen molar-refractivity contribution >= 4 is 0 Å². The summed E-state index contributed by atoms with van der Waals surface area (Å²) in [6.07, 6.45) is 2.19. The van der Waals surface area contributed by atoms with Gasteiger partial charge in [-0.3, -0.25) is 0 Å². The molecule has 0 heterocycles. The summed E-state index contributed by atoms with van der Waals surface area (Å²) in [7, 11) is 0. The Morgan fingerprint density at radius 2 is 1.73 bits per heavy atom. The standard InChI is InChI=1S/C13H12F2/c14-12-6-7-13(15)11(9-12)8-10-4-2-1-3-5-10/h1-5,9H,6-8H2. The molecular weight excluding hydrogens is 194 g/mol. The largest absolute Gasteiger partial charge is 0.212 e. The highest BCUT2D eigenvalue weighted by molar-refractivity contribution is 5.33. The van der Waals surface area contributed by atoms with E-state index in [0.29, 0.717) is 12.0 Å². The minimum absolute atomic E-state index is 0.180. The maximum absolute atomic E-state index is 13.4. The molecule has 1 aromatic carbocycles. The minimum Gasteiger partial charge on any atom is -0.212 e. The van der Waals surface area contributed by atoms with Crippen molar-refractivity contribution in [1.29, 1.82) is 0 Å². The van der Waals surface area contributed by atoms with Crippen LogP contribution in [0.3, 0.4) is 0 Å². The zero-order valence-electron chi connectivity index (χ0n) is 8.34. The molecule has 2 rings (SSSR count). The third-order valence-corrected chi connectivity index (χ3v) is 2.50.